The lowest BCUT2D eigenvalue weighted by Crippen LogP contribution is -2.15. The van der Waals surface area contributed by atoms with Gasteiger partial charge in [0.25, 0.3) is 0 Å². The summed E-state index contributed by atoms with van der Waals surface area (Å²) in [6.45, 7) is 7.54. The molecule has 0 spiro atoms. The average molecular weight is 255 g/mol. The molecule has 96 valence electrons. The van der Waals surface area contributed by atoms with Gasteiger partial charge in [-0.1, -0.05) is 32.5 Å². The third-order valence-electron chi connectivity index (χ3n) is 2.22. The van der Waals surface area contributed by atoms with Crippen molar-refractivity contribution in [3.63, 3.8) is 0 Å². The first-order valence-corrected chi connectivity index (χ1v) is 6.80. The Morgan fingerprint density at radius 3 is 2.47 bits per heavy atom. The predicted molar refractivity (Wildman–Crippen MR) is 74.2 cm³/mol. The fraction of sp³-hybridized carbons (Fsp3) is 0.636. The average Bonchev–Trinajstić information content (AvgIpc) is 2.26. The molecule has 0 aliphatic carbocycles. The van der Waals surface area contributed by atoms with E-state index in [0.717, 1.165) is 18.8 Å². The van der Waals surface area contributed by atoms with Gasteiger partial charge in [0.2, 0.25) is 0 Å². The molecule has 1 rings (SSSR count). The largest absolute Gasteiger partial charge is 0.370 e. The summed E-state index contributed by atoms with van der Waals surface area (Å²) in [5.41, 5.74) is 2.86. The van der Waals surface area contributed by atoms with Gasteiger partial charge in [-0.3, -0.25) is 0 Å². The minimum Gasteiger partial charge on any atom is -0.370 e. The van der Waals surface area contributed by atoms with Crippen LogP contribution in [-0.2, 0) is 0 Å². The second-order valence-electron chi connectivity index (χ2n) is 5.01. The maximum Gasteiger partial charge on any atom is 0.191 e. The number of hydrazine groups is 1. The molecule has 5 nitrogen and oxygen atoms in total. The highest BCUT2D eigenvalue weighted by Gasteiger charge is 2.10. The molecular weight excluding hydrogens is 234 g/mol. The summed E-state index contributed by atoms with van der Waals surface area (Å²) in [7, 11) is 0. The fourth-order valence-corrected chi connectivity index (χ4v) is 1.63. The van der Waals surface area contributed by atoms with E-state index in [9.17, 15) is 0 Å². The number of nitrogens with zero attached hydrogens (tertiary/aromatic N) is 2. The second kappa shape index (κ2) is 6.07. The van der Waals surface area contributed by atoms with Gasteiger partial charge in [-0.25, -0.2) is 15.8 Å². The molecule has 0 amide bonds. The molecule has 0 fully saturated rings. The maximum absolute atomic E-state index is 5.36. The van der Waals surface area contributed by atoms with E-state index in [2.05, 4.69) is 41.5 Å². The molecule has 0 radical (unpaired) electrons. The lowest BCUT2D eigenvalue weighted by Gasteiger charge is -2.18. The first-order chi connectivity index (χ1) is 7.94. The van der Waals surface area contributed by atoms with Gasteiger partial charge < -0.3 is 10.7 Å². The van der Waals surface area contributed by atoms with E-state index < -0.39 is 0 Å². The van der Waals surface area contributed by atoms with E-state index in [-0.39, 0.29) is 0 Å². The minimum absolute atomic E-state index is 0.317. The molecule has 17 heavy (non-hydrogen) atoms. The molecule has 0 atom stereocenters. The summed E-state index contributed by atoms with van der Waals surface area (Å²) >= 11 is 1.49. The molecule has 0 saturated heterocycles. The van der Waals surface area contributed by atoms with Gasteiger partial charge in [0.15, 0.2) is 5.16 Å². The Hall–Kier alpha value is -1.01. The summed E-state index contributed by atoms with van der Waals surface area (Å²) < 4.78 is 0. The van der Waals surface area contributed by atoms with Crippen LogP contribution in [-0.4, -0.2) is 22.8 Å². The highest BCUT2D eigenvalue weighted by atomic mass is 32.2. The number of aromatic nitrogens is 2. The molecule has 1 heterocycles. The molecular formula is C11H21N5S. The van der Waals surface area contributed by atoms with Crippen LogP contribution in [0.2, 0.25) is 0 Å². The Morgan fingerprint density at radius 2 is 1.94 bits per heavy atom. The van der Waals surface area contributed by atoms with Crippen molar-refractivity contribution in [3.05, 3.63) is 6.07 Å². The third-order valence-corrected chi connectivity index (χ3v) is 2.76. The first kappa shape index (κ1) is 14.1. The van der Waals surface area contributed by atoms with E-state index in [4.69, 9.17) is 5.84 Å². The number of hydrogen-bond donors (Lipinski definition) is 3. The van der Waals surface area contributed by atoms with Gasteiger partial charge in [0.05, 0.1) is 0 Å². The number of nitrogens with one attached hydrogen (secondary N) is 2. The lowest BCUT2D eigenvalue weighted by atomic mass is 9.92. The number of rotatable bonds is 5. The van der Waals surface area contributed by atoms with Gasteiger partial charge >= 0.3 is 0 Å². The normalized spacial score (nSPS) is 11.4. The van der Waals surface area contributed by atoms with Crippen LogP contribution >= 0.6 is 11.8 Å². The molecule has 0 aliphatic rings. The lowest BCUT2D eigenvalue weighted by molar-refractivity contribution is 0.389. The topological polar surface area (TPSA) is 75.9 Å². The van der Waals surface area contributed by atoms with Crippen molar-refractivity contribution < 1.29 is 0 Å². The van der Waals surface area contributed by atoms with Crippen LogP contribution in [0.25, 0.3) is 0 Å². The smallest absolute Gasteiger partial charge is 0.191 e. The van der Waals surface area contributed by atoms with Crippen molar-refractivity contribution in [1.29, 1.82) is 0 Å². The van der Waals surface area contributed by atoms with Crippen LogP contribution in [0, 0.1) is 5.41 Å². The standard InChI is InChI=1S/C11H21N5S/c1-11(2,3)5-6-13-8-7-9(16-12)15-10(14-8)17-4/h7H,5-6,12H2,1-4H3,(H2,13,14,15,16). The van der Waals surface area contributed by atoms with E-state index in [1.54, 1.807) is 0 Å². The van der Waals surface area contributed by atoms with Crippen LogP contribution in [0.3, 0.4) is 0 Å². The SMILES string of the molecule is CSc1nc(NN)cc(NCCC(C)(C)C)n1. The fourth-order valence-electron chi connectivity index (χ4n) is 1.25. The van der Waals surface area contributed by atoms with Crippen LogP contribution in [0.15, 0.2) is 11.2 Å². The van der Waals surface area contributed by atoms with Gasteiger partial charge in [-0.15, -0.1) is 0 Å². The number of anilines is 2. The van der Waals surface area contributed by atoms with Crippen molar-refractivity contribution in [1.82, 2.24) is 9.97 Å². The summed E-state index contributed by atoms with van der Waals surface area (Å²) in [6.07, 6.45) is 3.02. The molecule has 4 N–H and O–H groups in total. The molecule has 0 unspecified atom stereocenters. The van der Waals surface area contributed by atoms with Crippen molar-refractivity contribution >= 4 is 23.4 Å². The first-order valence-electron chi connectivity index (χ1n) is 5.58. The predicted octanol–water partition coefficient (Wildman–Crippen LogP) is 2.33. The van der Waals surface area contributed by atoms with Crippen molar-refractivity contribution in [2.45, 2.75) is 32.3 Å². The zero-order valence-electron chi connectivity index (χ0n) is 10.9. The maximum atomic E-state index is 5.36. The Kier molecular flexibility index (Phi) is 5.02. The highest BCUT2D eigenvalue weighted by Crippen LogP contribution is 2.20. The summed E-state index contributed by atoms with van der Waals surface area (Å²) in [6, 6.07) is 1.81. The van der Waals surface area contributed by atoms with Crippen molar-refractivity contribution in [3.8, 4) is 0 Å². The van der Waals surface area contributed by atoms with Crippen LogP contribution < -0.4 is 16.6 Å². The van der Waals surface area contributed by atoms with E-state index in [0.29, 0.717) is 16.4 Å². The van der Waals surface area contributed by atoms with Gasteiger partial charge in [-0.05, 0) is 18.1 Å². The highest BCUT2D eigenvalue weighted by molar-refractivity contribution is 7.98. The molecule has 1 aromatic heterocycles. The Labute approximate surface area is 107 Å². The van der Waals surface area contributed by atoms with E-state index in [1.165, 1.54) is 11.8 Å². The minimum atomic E-state index is 0.317. The molecule has 1 aromatic rings. The number of nitrogens with two attached hydrogens (primary N) is 1. The van der Waals surface area contributed by atoms with Crippen LogP contribution in [0.4, 0.5) is 11.6 Å². The third kappa shape index (κ3) is 5.23. The summed E-state index contributed by atoms with van der Waals surface area (Å²) in [4.78, 5) is 8.57. The molecule has 0 bridgehead atoms. The molecule has 0 aliphatic heterocycles. The quantitative estimate of drug-likeness (QED) is 0.324. The Morgan fingerprint density at radius 1 is 1.29 bits per heavy atom. The summed E-state index contributed by atoms with van der Waals surface area (Å²) in [5, 5.41) is 4.00. The van der Waals surface area contributed by atoms with Crippen molar-refractivity contribution in [2.75, 3.05) is 23.5 Å². The van der Waals surface area contributed by atoms with Crippen molar-refractivity contribution in [2.24, 2.45) is 11.3 Å². The Balaban J connectivity index is 2.64. The molecule has 0 aromatic carbocycles. The number of nitrogen functional groups attached to an aromatic ring is 1. The van der Waals surface area contributed by atoms with Crippen LogP contribution in [0.5, 0.6) is 0 Å². The zero-order valence-corrected chi connectivity index (χ0v) is 11.7. The van der Waals surface area contributed by atoms with Gasteiger partial charge in [0.1, 0.15) is 11.6 Å². The van der Waals surface area contributed by atoms with Crippen LogP contribution in [0.1, 0.15) is 27.2 Å². The monoisotopic (exact) mass is 255 g/mol. The molecule has 0 saturated carbocycles. The van der Waals surface area contributed by atoms with E-state index >= 15 is 0 Å². The van der Waals surface area contributed by atoms with E-state index in [1.807, 2.05) is 12.3 Å². The second-order valence-corrected chi connectivity index (χ2v) is 5.78. The zero-order chi connectivity index (χ0) is 12.9. The number of thioether (sulfide) groups is 1. The molecule has 6 heteroatoms. The Bertz CT molecular complexity index is 339. The summed E-state index contributed by atoms with van der Waals surface area (Å²) in [5.74, 6) is 6.80. The van der Waals surface area contributed by atoms with Gasteiger partial charge in [0, 0.05) is 12.6 Å². The van der Waals surface area contributed by atoms with Gasteiger partial charge in [-0.2, -0.15) is 0 Å². The number of hydrogen-bond acceptors (Lipinski definition) is 6.